The van der Waals surface area contributed by atoms with Crippen molar-refractivity contribution in [1.82, 2.24) is 10.6 Å². The van der Waals surface area contributed by atoms with Crippen molar-refractivity contribution in [3.63, 3.8) is 0 Å². The van der Waals surface area contributed by atoms with E-state index in [0.29, 0.717) is 37.8 Å². The molecular weight excluding hydrogens is 668 g/mol. The minimum absolute atomic E-state index is 0.00814. The van der Waals surface area contributed by atoms with E-state index in [2.05, 4.69) is 33.5 Å². The predicted molar refractivity (Wildman–Crippen MR) is 182 cm³/mol. The Morgan fingerprint density at radius 2 is 1.37 bits per heavy atom. The number of anilines is 1. The first-order valence-corrected chi connectivity index (χ1v) is 17.1. The van der Waals surface area contributed by atoms with Crippen LogP contribution in [0.3, 0.4) is 0 Å². The quantitative estimate of drug-likeness (QED) is 0.154. The van der Waals surface area contributed by atoms with Gasteiger partial charge in [0.05, 0.1) is 76.9 Å². The SMILES string of the molecule is CC(C[C@@H]([NH3+])Cc1ccc2c(c1)NC(=O)CCCCC(=O)CCOCCOCCNC(=O)C#CC(=O)NCCOCCOCCC(=O)O2)C(=O)O. The van der Waals surface area contributed by atoms with E-state index >= 15 is 0 Å². The van der Waals surface area contributed by atoms with Gasteiger partial charge in [0.1, 0.15) is 5.78 Å². The third kappa shape index (κ3) is 20.8. The van der Waals surface area contributed by atoms with Gasteiger partial charge in [0.25, 0.3) is 11.8 Å². The van der Waals surface area contributed by atoms with Crippen LogP contribution in [0.4, 0.5) is 5.69 Å². The average molecular weight is 720 g/mol. The number of aliphatic carboxylic acids is 1. The molecule has 16 heteroatoms. The molecule has 1 unspecified atom stereocenters. The first-order chi connectivity index (χ1) is 24.5. The molecule has 0 aliphatic carbocycles. The number of quaternary nitrogens is 1. The molecule has 3 amide bonds. The molecule has 7 N–H and O–H groups in total. The predicted octanol–water partition coefficient (Wildman–Crippen LogP) is 0.0198. The normalized spacial score (nSPS) is 19.4. The van der Waals surface area contributed by atoms with E-state index in [0.717, 1.165) is 5.56 Å². The lowest BCUT2D eigenvalue weighted by molar-refractivity contribution is -0.422. The maximum Gasteiger partial charge on any atom is 0.313 e. The van der Waals surface area contributed by atoms with Gasteiger partial charge in [-0.25, -0.2) is 0 Å². The van der Waals surface area contributed by atoms with Crippen molar-refractivity contribution < 1.29 is 63.3 Å². The molecule has 0 saturated heterocycles. The number of fused-ring (bicyclic) bond motifs is 1. The van der Waals surface area contributed by atoms with Gasteiger partial charge in [0.2, 0.25) is 5.91 Å². The molecule has 16 nitrogen and oxygen atoms in total. The molecule has 0 fully saturated rings. The van der Waals surface area contributed by atoms with Gasteiger partial charge in [0.15, 0.2) is 5.75 Å². The molecule has 0 spiro atoms. The highest BCUT2D eigenvalue weighted by Crippen LogP contribution is 2.28. The van der Waals surface area contributed by atoms with Crippen LogP contribution in [-0.2, 0) is 54.1 Å². The fourth-order valence-electron chi connectivity index (χ4n) is 4.69. The third-order valence-corrected chi connectivity index (χ3v) is 7.36. The van der Waals surface area contributed by atoms with Crippen LogP contribution in [0.15, 0.2) is 18.2 Å². The van der Waals surface area contributed by atoms with Crippen LogP contribution >= 0.6 is 0 Å². The minimum atomic E-state index is -0.901. The smallest absolute Gasteiger partial charge is 0.313 e. The summed E-state index contributed by atoms with van der Waals surface area (Å²) in [4.78, 5) is 72.6. The Kier molecular flexibility index (Phi) is 21.4. The Morgan fingerprint density at radius 1 is 0.804 bits per heavy atom. The lowest BCUT2D eigenvalue weighted by atomic mass is 9.96. The lowest BCUT2D eigenvalue weighted by Crippen LogP contribution is -2.62. The van der Waals surface area contributed by atoms with Crippen molar-refractivity contribution in [3.05, 3.63) is 23.8 Å². The van der Waals surface area contributed by atoms with Crippen LogP contribution in [0.1, 0.15) is 57.4 Å². The summed E-state index contributed by atoms with van der Waals surface area (Å²) in [6, 6.07) is 4.79. The van der Waals surface area contributed by atoms with Crippen molar-refractivity contribution in [2.75, 3.05) is 71.3 Å². The van der Waals surface area contributed by atoms with E-state index in [1.807, 2.05) is 0 Å². The van der Waals surface area contributed by atoms with E-state index in [9.17, 15) is 33.9 Å². The van der Waals surface area contributed by atoms with Crippen molar-refractivity contribution in [2.24, 2.45) is 5.92 Å². The monoisotopic (exact) mass is 719 g/mol. The maximum absolute atomic E-state index is 12.9. The van der Waals surface area contributed by atoms with Crippen LogP contribution in [0.5, 0.6) is 5.75 Å². The van der Waals surface area contributed by atoms with Crippen molar-refractivity contribution >= 4 is 41.1 Å². The molecule has 1 aliphatic rings. The van der Waals surface area contributed by atoms with Gasteiger partial charge in [0, 0.05) is 57.0 Å². The first kappa shape index (κ1) is 42.8. The number of nitrogens with one attached hydrogen (secondary N) is 3. The number of ketones is 1. The molecule has 0 aromatic heterocycles. The number of hydrogen-bond acceptors (Lipinski definition) is 11. The summed E-state index contributed by atoms with van der Waals surface area (Å²) in [5, 5.41) is 17.1. The van der Waals surface area contributed by atoms with Gasteiger partial charge >= 0.3 is 11.9 Å². The molecule has 51 heavy (non-hydrogen) atoms. The lowest BCUT2D eigenvalue weighted by Gasteiger charge is -2.15. The minimum Gasteiger partial charge on any atom is -0.481 e. The second-order valence-corrected chi connectivity index (χ2v) is 11.9. The number of Topliss-reactive ketones (excluding diaryl/α,β-unsaturated/α-hetero) is 1. The van der Waals surface area contributed by atoms with Crippen LogP contribution in [-0.4, -0.2) is 113 Å². The Balaban J connectivity index is 1.98. The Bertz CT molecular complexity index is 1360. The van der Waals surface area contributed by atoms with Gasteiger partial charge in [-0.1, -0.05) is 13.0 Å². The van der Waals surface area contributed by atoms with Gasteiger partial charge in [-0.3, -0.25) is 28.8 Å². The van der Waals surface area contributed by atoms with Crippen molar-refractivity contribution in [2.45, 2.75) is 64.3 Å². The molecule has 1 aliphatic heterocycles. The van der Waals surface area contributed by atoms with E-state index in [1.54, 1.807) is 25.1 Å². The number of carboxylic acid groups (broad SMARTS) is 1. The molecule has 1 aromatic rings. The zero-order valence-corrected chi connectivity index (χ0v) is 29.3. The molecule has 2 atom stereocenters. The molecule has 1 aromatic carbocycles. The number of benzene rings is 1. The fraction of sp³-hybridized carbons (Fsp3) is 0.600. The van der Waals surface area contributed by atoms with Crippen molar-refractivity contribution in [3.8, 4) is 17.6 Å². The topological polar surface area (TPSA) is 233 Å². The number of carbonyl (C=O) groups is 6. The van der Waals surface area contributed by atoms with E-state index < -0.39 is 29.7 Å². The fourth-order valence-corrected chi connectivity index (χ4v) is 4.69. The molecule has 2 rings (SSSR count). The summed E-state index contributed by atoms with van der Waals surface area (Å²) in [5.74, 6) is 0.925. The Hall–Kier alpha value is -4.40. The van der Waals surface area contributed by atoms with Crippen LogP contribution in [0.25, 0.3) is 0 Å². The van der Waals surface area contributed by atoms with E-state index in [4.69, 9.17) is 23.7 Å². The van der Waals surface area contributed by atoms with Crippen LogP contribution in [0.2, 0.25) is 0 Å². The van der Waals surface area contributed by atoms with E-state index in [1.165, 1.54) is 0 Å². The zero-order chi connectivity index (χ0) is 37.3. The standard InChI is InChI=1S/C35H50N4O12/c1-25(35(45)46)22-27(36)23-26-6-7-30-29(24-26)39-33(43)5-3-2-4-28(40)10-14-47-18-20-49-16-12-37-31(41)8-9-32(42)38-13-17-50-21-19-48-15-11-34(44)51-30/h6-7,24-25,27H,2-5,10-23,36H2,1H3,(H,37,41)(H,38,42)(H,39,43)(H,45,46)/p+1/t25?,27-/m1/s1. The third-order valence-electron chi connectivity index (χ3n) is 7.36. The summed E-state index contributed by atoms with van der Waals surface area (Å²) in [5.41, 5.74) is 5.15. The summed E-state index contributed by atoms with van der Waals surface area (Å²) in [7, 11) is 0. The maximum atomic E-state index is 12.9. The number of ether oxygens (including phenoxy) is 5. The molecule has 0 bridgehead atoms. The van der Waals surface area contributed by atoms with E-state index in [-0.39, 0.29) is 109 Å². The second kappa shape index (κ2) is 25.5. The zero-order valence-electron chi connectivity index (χ0n) is 29.3. The van der Waals surface area contributed by atoms with Crippen LogP contribution in [0, 0.1) is 17.8 Å². The van der Waals surface area contributed by atoms with Crippen molar-refractivity contribution in [1.29, 1.82) is 0 Å². The van der Waals surface area contributed by atoms with Gasteiger partial charge < -0.3 is 50.5 Å². The molecule has 1 heterocycles. The largest absolute Gasteiger partial charge is 0.481 e. The summed E-state index contributed by atoms with van der Waals surface area (Å²) >= 11 is 0. The highest BCUT2D eigenvalue weighted by Gasteiger charge is 2.20. The molecule has 282 valence electrons. The number of carboxylic acids is 1. The molecule has 0 saturated carbocycles. The Morgan fingerprint density at radius 3 is 1.98 bits per heavy atom. The first-order valence-electron chi connectivity index (χ1n) is 17.1. The van der Waals surface area contributed by atoms with Gasteiger partial charge in [-0.15, -0.1) is 0 Å². The number of amides is 3. The van der Waals surface area contributed by atoms with Gasteiger partial charge in [-0.05, 0) is 30.5 Å². The number of carbonyl (C=O) groups excluding carboxylic acids is 5. The summed E-state index contributed by atoms with van der Waals surface area (Å²) < 4.78 is 27.2. The number of hydrogen-bond donors (Lipinski definition) is 5. The average Bonchev–Trinajstić information content (AvgIpc) is 3.08. The summed E-state index contributed by atoms with van der Waals surface area (Å²) in [6.45, 7) is 3.60. The highest BCUT2D eigenvalue weighted by molar-refractivity contribution is 6.02. The molecular formula is C35H51N4O12+. The van der Waals surface area contributed by atoms with Crippen LogP contribution < -0.4 is 26.4 Å². The second-order valence-electron chi connectivity index (χ2n) is 11.9. The number of esters is 1. The molecule has 0 radical (unpaired) electrons. The highest BCUT2D eigenvalue weighted by atomic mass is 16.5. The summed E-state index contributed by atoms with van der Waals surface area (Å²) in [6.07, 6.45) is 2.38. The Labute approximate surface area is 297 Å². The van der Waals surface area contributed by atoms with Gasteiger partial charge in [-0.2, -0.15) is 0 Å². The number of rotatable bonds is 5.